The number of hydrogen-bond acceptors (Lipinski definition) is 3. The van der Waals surface area contributed by atoms with Crippen LogP contribution in [0.15, 0.2) is 6.07 Å². The molecule has 4 heteroatoms. The summed E-state index contributed by atoms with van der Waals surface area (Å²) >= 11 is 6.19. The molecule has 0 heterocycles. The predicted molar refractivity (Wildman–Crippen MR) is 71.3 cm³/mol. The summed E-state index contributed by atoms with van der Waals surface area (Å²) in [6.07, 6.45) is 2.75. The summed E-state index contributed by atoms with van der Waals surface area (Å²) in [5.74, 6) is 1.36. The summed E-state index contributed by atoms with van der Waals surface area (Å²) in [7, 11) is 3.24. The second-order valence-corrected chi connectivity index (χ2v) is 4.22. The van der Waals surface area contributed by atoms with E-state index in [1.807, 2.05) is 6.07 Å². The molecule has 0 saturated carbocycles. The van der Waals surface area contributed by atoms with Crippen LogP contribution in [0.25, 0.3) is 0 Å². The van der Waals surface area contributed by atoms with Crippen molar-refractivity contribution in [1.29, 1.82) is 0 Å². The smallest absolute Gasteiger partial charge is 0.179 e. The lowest BCUT2D eigenvalue weighted by atomic mass is 9.99. The molecule has 0 saturated heterocycles. The molecule has 96 valence electrons. The molecule has 0 atom stereocenters. The first kappa shape index (κ1) is 14.1. The maximum absolute atomic E-state index is 6.19. The molecule has 1 aromatic rings. The maximum Gasteiger partial charge on any atom is 0.179 e. The van der Waals surface area contributed by atoms with Crippen molar-refractivity contribution < 1.29 is 9.47 Å². The Kier molecular flexibility index (Phi) is 5.59. The van der Waals surface area contributed by atoms with Crippen molar-refractivity contribution in [2.24, 2.45) is 5.73 Å². The van der Waals surface area contributed by atoms with E-state index in [2.05, 4.69) is 6.92 Å². The Morgan fingerprint density at radius 2 is 1.88 bits per heavy atom. The van der Waals surface area contributed by atoms with Crippen molar-refractivity contribution in [2.45, 2.75) is 26.2 Å². The van der Waals surface area contributed by atoms with Crippen molar-refractivity contribution in [3.8, 4) is 11.5 Å². The van der Waals surface area contributed by atoms with E-state index in [1.165, 1.54) is 5.56 Å². The van der Waals surface area contributed by atoms with E-state index < -0.39 is 0 Å². The SMILES string of the molecule is CCc1c(CCCN)cc(Cl)c(OC)c1OC. The highest BCUT2D eigenvalue weighted by Gasteiger charge is 2.17. The zero-order chi connectivity index (χ0) is 12.8. The molecule has 1 rings (SSSR count). The topological polar surface area (TPSA) is 44.5 Å². The number of methoxy groups -OCH3 is 2. The fourth-order valence-corrected chi connectivity index (χ4v) is 2.30. The van der Waals surface area contributed by atoms with Crippen LogP contribution in [0.1, 0.15) is 24.5 Å². The highest BCUT2D eigenvalue weighted by molar-refractivity contribution is 6.32. The van der Waals surface area contributed by atoms with Gasteiger partial charge in [0.05, 0.1) is 19.2 Å². The summed E-state index contributed by atoms with van der Waals surface area (Å²) < 4.78 is 10.7. The Labute approximate surface area is 108 Å². The predicted octanol–water partition coefficient (Wildman–Crippen LogP) is 2.81. The van der Waals surface area contributed by atoms with Crippen LogP contribution in [0.2, 0.25) is 5.02 Å². The van der Waals surface area contributed by atoms with Crippen LogP contribution in [0, 0.1) is 0 Å². The normalized spacial score (nSPS) is 10.4. The highest BCUT2D eigenvalue weighted by atomic mass is 35.5. The van der Waals surface area contributed by atoms with Gasteiger partial charge in [-0.3, -0.25) is 0 Å². The third-order valence-electron chi connectivity index (χ3n) is 2.80. The Morgan fingerprint density at radius 1 is 1.24 bits per heavy atom. The molecule has 0 bridgehead atoms. The van der Waals surface area contributed by atoms with Crippen LogP contribution in [0.3, 0.4) is 0 Å². The van der Waals surface area contributed by atoms with Crippen molar-refractivity contribution >= 4 is 11.6 Å². The third-order valence-corrected chi connectivity index (χ3v) is 3.08. The van der Waals surface area contributed by atoms with Gasteiger partial charge in [-0.2, -0.15) is 0 Å². The fourth-order valence-electron chi connectivity index (χ4n) is 2.01. The molecule has 0 aliphatic carbocycles. The van der Waals surface area contributed by atoms with E-state index in [-0.39, 0.29) is 0 Å². The Hall–Kier alpha value is -0.930. The second-order valence-electron chi connectivity index (χ2n) is 3.81. The van der Waals surface area contributed by atoms with Crippen molar-refractivity contribution in [3.05, 3.63) is 22.2 Å². The first-order valence-corrected chi connectivity index (χ1v) is 6.19. The van der Waals surface area contributed by atoms with Gasteiger partial charge in [0.2, 0.25) is 0 Å². The number of benzene rings is 1. The summed E-state index contributed by atoms with van der Waals surface area (Å²) in [5.41, 5.74) is 7.89. The molecule has 0 amide bonds. The van der Waals surface area contributed by atoms with E-state index >= 15 is 0 Å². The number of hydrogen-bond donors (Lipinski definition) is 1. The lowest BCUT2D eigenvalue weighted by Crippen LogP contribution is -2.05. The van der Waals surface area contributed by atoms with Crippen LogP contribution in [0.4, 0.5) is 0 Å². The van der Waals surface area contributed by atoms with E-state index in [0.717, 1.165) is 30.6 Å². The van der Waals surface area contributed by atoms with Gasteiger partial charge in [0.15, 0.2) is 11.5 Å². The summed E-state index contributed by atoms with van der Waals surface area (Å²) in [6, 6.07) is 1.96. The standard InChI is InChI=1S/C13H20ClNO2/c1-4-10-9(6-5-7-15)8-11(14)13(17-3)12(10)16-2/h8H,4-7,15H2,1-3H3. The zero-order valence-corrected chi connectivity index (χ0v) is 11.4. The number of nitrogens with two attached hydrogens (primary N) is 1. The lowest BCUT2D eigenvalue weighted by Gasteiger charge is -2.17. The maximum atomic E-state index is 6.19. The Morgan fingerprint density at radius 3 is 2.35 bits per heavy atom. The van der Waals surface area contributed by atoms with Crippen LogP contribution in [-0.2, 0) is 12.8 Å². The largest absolute Gasteiger partial charge is 0.493 e. The molecule has 0 aliphatic rings. The molecule has 0 spiro atoms. The quantitative estimate of drug-likeness (QED) is 0.852. The molecule has 2 N–H and O–H groups in total. The van der Waals surface area contributed by atoms with Gasteiger partial charge in [0, 0.05) is 5.56 Å². The van der Waals surface area contributed by atoms with Gasteiger partial charge >= 0.3 is 0 Å². The molecule has 0 radical (unpaired) electrons. The minimum absolute atomic E-state index is 0.591. The molecular weight excluding hydrogens is 238 g/mol. The summed E-state index contributed by atoms with van der Waals surface area (Å²) in [5, 5.41) is 0.591. The summed E-state index contributed by atoms with van der Waals surface area (Å²) in [4.78, 5) is 0. The molecule has 17 heavy (non-hydrogen) atoms. The molecule has 0 aliphatic heterocycles. The van der Waals surface area contributed by atoms with Gasteiger partial charge < -0.3 is 15.2 Å². The molecule has 0 unspecified atom stereocenters. The first-order valence-electron chi connectivity index (χ1n) is 5.81. The lowest BCUT2D eigenvalue weighted by molar-refractivity contribution is 0.351. The zero-order valence-electron chi connectivity index (χ0n) is 10.7. The van der Waals surface area contributed by atoms with Crippen molar-refractivity contribution in [2.75, 3.05) is 20.8 Å². The first-order chi connectivity index (χ1) is 8.19. The van der Waals surface area contributed by atoms with Gasteiger partial charge in [0.1, 0.15) is 0 Å². The van der Waals surface area contributed by atoms with Gasteiger partial charge in [-0.15, -0.1) is 0 Å². The van der Waals surface area contributed by atoms with E-state index in [4.69, 9.17) is 26.8 Å². The Bertz CT molecular complexity index is 380. The van der Waals surface area contributed by atoms with E-state index in [9.17, 15) is 0 Å². The molecule has 0 aromatic heterocycles. The van der Waals surface area contributed by atoms with Gasteiger partial charge in [-0.05, 0) is 37.4 Å². The van der Waals surface area contributed by atoms with Gasteiger partial charge in [-0.1, -0.05) is 18.5 Å². The second kappa shape index (κ2) is 6.72. The molecular formula is C13H20ClNO2. The minimum atomic E-state index is 0.591. The van der Waals surface area contributed by atoms with Crippen molar-refractivity contribution in [1.82, 2.24) is 0 Å². The van der Waals surface area contributed by atoms with Crippen LogP contribution in [-0.4, -0.2) is 20.8 Å². The summed E-state index contributed by atoms with van der Waals surface area (Å²) in [6.45, 7) is 2.77. The average Bonchev–Trinajstić information content (AvgIpc) is 2.35. The average molecular weight is 258 g/mol. The van der Waals surface area contributed by atoms with Crippen molar-refractivity contribution in [3.63, 3.8) is 0 Å². The number of ether oxygens (including phenoxy) is 2. The number of halogens is 1. The van der Waals surface area contributed by atoms with Crippen LogP contribution >= 0.6 is 11.6 Å². The molecule has 3 nitrogen and oxygen atoms in total. The highest BCUT2D eigenvalue weighted by Crippen LogP contribution is 2.40. The third kappa shape index (κ3) is 3.05. The van der Waals surface area contributed by atoms with E-state index in [0.29, 0.717) is 17.3 Å². The molecule has 1 aromatic carbocycles. The molecule has 0 fully saturated rings. The number of rotatable bonds is 6. The van der Waals surface area contributed by atoms with Crippen LogP contribution < -0.4 is 15.2 Å². The monoisotopic (exact) mass is 257 g/mol. The van der Waals surface area contributed by atoms with Crippen LogP contribution in [0.5, 0.6) is 11.5 Å². The fraction of sp³-hybridized carbons (Fsp3) is 0.538. The number of aryl methyl sites for hydroxylation is 1. The van der Waals surface area contributed by atoms with Gasteiger partial charge in [-0.25, -0.2) is 0 Å². The van der Waals surface area contributed by atoms with E-state index in [1.54, 1.807) is 14.2 Å². The Balaban J connectivity index is 3.26. The minimum Gasteiger partial charge on any atom is -0.493 e. The van der Waals surface area contributed by atoms with Gasteiger partial charge in [0.25, 0.3) is 0 Å².